The summed E-state index contributed by atoms with van der Waals surface area (Å²) in [7, 11) is 1.30. The minimum atomic E-state index is -0.679. The topological polar surface area (TPSA) is 136 Å². The number of rotatable bonds is 9. The van der Waals surface area contributed by atoms with E-state index >= 15 is 0 Å². The van der Waals surface area contributed by atoms with Crippen LogP contribution in [-0.4, -0.2) is 73.9 Å². The molecule has 4 aliphatic rings. The Hall–Kier alpha value is -5.37. The van der Waals surface area contributed by atoms with E-state index in [0.29, 0.717) is 42.2 Å². The second-order valence-corrected chi connectivity index (χ2v) is 16.8. The molecule has 1 saturated carbocycles. The van der Waals surface area contributed by atoms with E-state index in [-0.39, 0.29) is 29.8 Å². The number of amides is 3. The van der Waals surface area contributed by atoms with Gasteiger partial charge in [-0.2, -0.15) is 0 Å². The highest BCUT2D eigenvalue weighted by Gasteiger charge is 2.41. The van der Waals surface area contributed by atoms with Crippen LogP contribution in [-0.2, 0) is 14.3 Å². The van der Waals surface area contributed by atoms with Gasteiger partial charge in [0.2, 0.25) is 11.8 Å². The molecule has 5 atom stereocenters. The number of aromatic amines is 2. The van der Waals surface area contributed by atoms with E-state index in [9.17, 15) is 14.4 Å². The Labute approximate surface area is 329 Å². The van der Waals surface area contributed by atoms with Crippen molar-refractivity contribution in [2.45, 2.75) is 109 Å². The van der Waals surface area contributed by atoms with Crippen molar-refractivity contribution in [1.82, 2.24) is 35.1 Å². The number of fused-ring (bicyclic) bond motifs is 5. The molecule has 8 rings (SSSR count). The standard InChI is InChI=1S/C45H53N7O4/c1-26(2)22-38(53)51-20-6-8-36(51)43-47-25-35(49-43)29-12-10-28(11-13-29)34-19-17-30(39-31-14-15-32(23-31)40(34)39)16-18-33-24-46-42(48-33)37-9-7-21-52(37)44(54)41(27(3)4)50-45(55)56-5/h10-13,17,19,24-27,31-32,36-37,41H,6-9,14-15,20-23H2,1-5H3,(H,46,48)(H,47,49)(H,50,55)/t31?,32?,36-,37-,41-/m0/s1. The van der Waals surface area contributed by atoms with Crippen LogP contribution in [0.15, 0.2) is 48.8 Å². The van der Waals surface area contributed by atoms with Crippen molar-refractivity contribution in [2.24, 2.45) is 11.8 Å². The van der Waals surface area contributed by atoms with Gasteiger partial charge in [-0.1, -0.05) is 63.9 Å². The summed E-state index contributed by atoms with van der Waals surface area (Å²) in [6, 6.07) is 12.3. The van der Waals surface area contributed by atoms with Crippen LogP contribution in [0.3, 0.4) is 0 Å². The number of aromatic nitrogens is 4. The van der Waals surface area contributed by atoms with Crippen molar-refractivity contribution >= 4 is 17.9 Å². The van der Waals surface area contributed by atoms with Crippen molar-refractivity contribution in [3.8, 4) is 34.2 Å². The summed E-state index contributed by atoms with van der Waals surface area (Å²) in [5.74, 6) is 9.84. The normalized spacial score (nSPS) is 21.7. The number of benzene rings is 2. The molecule has 4 aromatic rings. The molecule has 11 nitrogen and oxygen atoms in total. The van der Waals surface area contributed by atoms with Crippen LogP contribution in [0, 0.1) is 23.7 Å². The Balaban J connectivity index is 0.996. The second-order valence-electron chi connectivity index (χ2n) is 16.8. The Morgan fingerprint density at radius 3 is 2.20 bits per heavy atom. The van der Waals surface area contributed by atoms with Gasteiger partial charge in [0.25, 0.3) is 0 Å². The molecule has 56 heavy (non-hydrogen) atoms. The van der Waals surface area contributed by atoms with Crippen molar-refractivity contribution in [3.05, 3.63) is 82.8 Å². The van der Waals surface area contributed by atoms with E-state index in [1.807, 2.05) is 29.8 Å². The van der Waals surface area contributed by atoms with Crippen molar-refractivity contribution in [1.29, 1.82) is 0 Å². The van der Waals surface area contributed by atoms with Gasteiger partial charge in [0.05, 0.1) is 37.3 Å². The maximum Gasteiger partial charge on any atom is 0.407 e. The van der Waals surface area contributed by atoms with Crippen LogP contribution in [0.2, 0.25) is 0 Å². The first-order valence-electron chi connectivity index (χ1n) is 20.4. The molecule has 292 valence electrons. The molecule has 4 heterocycles. The first-order chi connectivity index (χ1) is 27.1. The number of imidazole rings is 2. The largest absolute Gasteiger partial charge is 0.453 e. The van der Waals surface area contributed by atoms with Gasteiger partial charge in [-0.15, -0.1) is 0 Å². The first-order valence-corrected chi connectivity index (χ1v) is 20.4. The van der Waals surface area contributed by atoms with Gasteiger partial charge >= 0.3 is 6.09 Å². The lowest BCUT2D eigenvalue weighted by Gasteiger charge is -2.29. The molecule has 11 heteroatoms. The van der Waals surface area contributed by atoms with Crippen LogP contribution in [0.25, 0.3) is 22.4 Å². The van der Waals surface area contributed by atoms with E-state index in [4.69, 9.17) is 9.72 Å². The number of hydrogen-bond donors (Lipinski definition) is 3. The van der Waals surface area contributed by atoms with Crippen LogP contribution in [0.1, 0.15) is 137 Å². The summed E-state index contributed by atoms with van der Waals surface area (Å²) in [5, 5.41) is 2.71. The van der Waals surface area contributed by atoms with E-state index in [1.54, 1.807) is 6.20 Å². The van der Waals surface area contributed by atoms with Gasteiger partial charge in [-0.25, -0.2) is 14.8 Å². The summed E-state index contributed by atoms with van der Waals surface area (Å²) in [6.45, 7) is 9.41. The van der Waals surface area contributed by atoms with Crippen LogP contribution < -0.4 is 5.32 Å². The zero-order valence-electron chi connectivity index (χ0n) is 33.2. The van der Waals surface area contributed by atoms with E-state index in [2.05, 4.69) is 82.4 Å². The summed E-state index contributed by atoms with van der Waals surface area (Å²) >= 11 is 0. The highest BCUT2D eigenvalue weighted by atomic mass is 16.5. The number of nitrogens with one attached hydrogen (secondary N) is 3. The van der Waals surface area contributed by atoms with Gasteiger partial charge in [0.15, 0.2) is 0 Å². The molecule has 2 unspecified atom stereocenters. The number of carbonyl (C=O) groups excluding carboxylic acids is 3. The van der Waals surface area contributed by atoms with Gasteiger partial charge in [0, 0.05) is 25.1 Å². The lowest BCUT2D eigenvalue weighted by molar-refractivity contribution is -0.135. The third-order valence-corrected chi connectivity index (χ3v) is 12.3. The van der Waals surface area contributed by atoms with Crippen molar-refractivity contribution in [3.63, 3.8) is 0 Å². The summed E-state index contributed by atoms with van der Waals surface area (Å²) < 4.78 is 4.78. The Morgan fingerprint density at radius 2 is 1.48 bits per heavy atom. The number of nitrogens with zero attached hydrogens (tertiary/aromatic N) is 4. The number of hydrogen-bond acceptors (Lipinski definition) is 6. The summed E-state index contributed by atoms with van der Waals surface area (Å²) in [5.41, 5.74) is 9.17. The smallest absolute Gasteiger partial charge is 0.407 e. The monoisotopic (exact) mass is 755 g/mol. The molecule has 2 aliphatic heterocycles. The zero-order valence-corrected chi connectivity index (χ0v) is 33.2. The minimum Gasteiger partial charge on any atom is -0.453 e. The SMILES string of the molecule is COC(=O)N[C@H](C(=O)N1CCC[C@H]1c1ncc(C#Cc2ccc(-c3ccc(-c4cnc([C@@H]5CCCN5C(=O)CC(C)C)[nH]4)cc3)c3c2C2CCC3C2)[nH]1)C(C)C. The van der Waals surface area contributed by atoms with Gasteiger partial charge in [0.1, 0.15) is 23.4 Å². The molecule has 3 fully saturated rings. The lowest BCUT2D eigenvalue weighted by atomic mass is 9.83. The van der Waals surface area contributed by atoms with E-state index in [0.717, 1.165) is 54.9 Å². The molecule has 2 aliphatic carbocycles. The highest BCUT2D eigenvalue weighted by Crippen LogP contribution is 2.56. The van der Waals surface area contributed by atoms with Gasteiger partial charge in [-0.05, 0) is 108 Å². The molecular weight excluding hydrogens is 703 g/mol. The minimum absolute atomic E-state index is 0.0124. The maximum atomic E-state index is 13.6. The highest BCUT2D eigenvalue weighted by molar-refractivity contribution is 5.86. The number of ether oxygens (including phenoxy) is 1. The number of likely N-dealkylation sites (tertiary alicyclic amines) is 2. The second kappa shape index (κ2) is 15.6. The Morgan fingerprint density at radius 1 is 0.821 bits per heavy atom. The number of H-pyrrole nitrogens is 2. The van der Waals surface area contributed by atoms with E-state index < -0.39 is 12.1 Å². The lowest BCUT2D eigenvalue weighted by Crippen LogP contribution is -2.51. The number of carbonyl (C=O) groups is 3. The predicted octanol–water partition coefficient (Wildman–Crippen LogP) is 7.99. The Bertz CT molecular complexity index is 2170. The molecular formula is C45H53N7O4. The average Bonchev–Trinajstić information content (AvgIpc) is 4.05. The maximum absolute atomic E-state index is 13.6. The first kappa shape index (κ1) is 37.5. The molecule has 3 N–H and O–H groups in total. The van der Waals surface area contributed by atoms with Crippen LogP contribution >= 0.6 is 0 Å². The average molecular weight is 756 g/mol. The van der Waals surface area contributed by atoms with E-state index in [1.165, 1.54) is 48.6 Å². The predicted molar refractivity (Wildman–Crippen MR) is 214 cm³/mol. The fourth-order valence-corrected chi connectivity index (χ4v) is 9.58. The van der Waals surface area contributed by atoms with Crippen molar-refractivity contribution < 1.29 is 19.1 Å². The Kier molecular flexibility index (Phi) is 10.5. The fourth-order valence-electron chi connectivity index (χ4n) is 9.58. The molecule has 2 saturated heterocycles. The summed E-state index contributed by atoms with van der Waals surface area (Å²) in [4.78, 5) is 58.7. The summed E-state index contributed by atoms with van der Waals surface area (Å²) in [6.07, 6.45) is 10.8. The molecule has 2 aromatic heterocycles. The third-order valence-electron chi connectivity index (χ3n) is 12.3. The zero-order chi connectivity index (χ0) is 39.1. The van der Waals surface area contributed by atoms with Crippen molar-refractivity contribution in [2.75, 3.05) is 20.2 Å². The quantitative estimate of drug-likeness (QED) is 0.148. The fraction of sp³-hybridized carbons (Fsp3) is 0.489. The van der Waals surface area contributed by atoms with Gasteiger partial charge in [-0.3, -0.25) is 9.59 Å². The molecule has 0 radical (unpaired) electrons. The van der Waals surface area contributed by atoms with Crippen LogP contribution in [0.5, 0.6) is 0 Å². The number of methoxy groups -OCH3 is 1. The van der Waals surface area contributed by atoms with Crippen LogP contribution in [0.4, 0.5) is 4.79 Å². The molecule has 2 aromatic carbocycles. The number of alkyl carbamates (subject to hydrolysis) is 1. The molecule has 3 amide bonds. The third kappa shape index (κ3) is 7.22. The van der Waals surface area contributed by atoms with Gasteiger partial charge < -0.3 is 29.8 Å². The molecule has 2 bridgehead atoms. The molecule has 0 spiro atoms.